The van der Waals surface area contributed by atoms with Crippen molar-refractivity contribution in [3.63, 3.8) is 0 Å². The molecule has 0 saturated heterocycles. The highest BCUT2D eigenvalue weighted by Crippen LogP contribution is 2.25. The number of benzene rings is 2. The molecule has 2 rings (SSSR count). The maximum absolute atomic E-state index is 12.2. The maximum Gasteiger partial charge on any atom is 0.243 e. The lowest BCUT2D eigenvalue weighted by Crippen LogP contribution is -2.38. The number of nitrogens with zero attached hydrogens (tertiary/aromatic N) is 1. The van der Waals surface area contributed by atoms with Gasteiger partial charge in [0.15, 0.2) is 0 Å². The zero-order chi connectivity index (χ0) is 18.4. The zero-order valence-electron chi connectivity index (χ0n) is 14.0. The van der Waals surface area contributed by atoms with Crippen molar-refractivity contribution in [2.24, 2.45) is 0 Å². The van der Waals surface area contributed by atoms with Crippen molar-refractivity contribution in [1.29, 1.82) is 0 Å². The highest BCUT2D eigenvalue weighted by molar-refractivity contribution is 6.35. The summed E-state index contributed by atoms with van der Waals surface area (Å²) in [5.74, 6) is -0.504. The van der Waals surface area contributed by atoms with Gasteiger partial charge in [-0.2, -0.15) is 0 Å². The molecule has 0 aliphatic rings. The number of hydrogen-bond donors (Lipinski definition) is 2. The number of hydrogen-bond acceptors (Lipinski definition) is 3. The summed E-state index contributed by atoms with van der Waals surface area (Å²) in [6, 6.07) is 12.4. The van der Waals surface area contributed by atoms with Crippen LogP contribution in [-0.4, -0.2) is 36.9 Å². The molecule has 2 aromatic carbocycles. The Labute approximate surface area is 156 Å². The second-order valence-corrected chi connectivity index (χ2v) is 6.49. The molecule has 2 amide bonds. The molecular weight excluding hydrogens is 361 g/mol. The van der Waals surface area contributed by atoms with E-state index in [1.807, 2.05) is 31.2 Å². The third-order valence-corrected chi connectivity index (χ3v) is 4.07. The fourth-order valence-electron chi connectivity index (χ4n) is 2.08. The number of anilines is 2. The van der Waals surface area contributed by atoms with Gasteiger partial charge in [0.05, 0.1) is 23.8 Å². The number of halogens is 2. The summed E-state index contributed by atoms with van der Waals surface area (Å²) < 4.78 is 0. The van der Waals surface area contributed by atoms with Gasteiger partial charge in [-0.1, -0.05) is 40.9 Å². The lowest BCUT2D eigenvalue weighted by molar-refractivity contribution is -0.131. The number of aryl methyl sites for hydroxylation is 1. The fraction of sp³-hybridized carbons (Fsp3) is 0.222. The summed E-state index contributed by atoms with van der Waals surface area (Å²) in [6.45, 7) is 1.93. The van der Waals surface area contributed by atoms with E-state index in [9.17, 15) is 9.59 Å². The Morgan fingerprint density at radius 1 is 1.08 bits per heavy atom. The van der Waals surface area contributed by atoms with Gasteiger partial charge in [0.1, 0.15) is 0 Å². The third-order valence-electron chi connectivity index (χ3n) is 3.50. The average Bonchev–Trinajstić information content (AvgIpc) is 2.57. The Morgan fingerprint density at radius 3 is 2.44 bits per heavy atom. The molecule has 0 aromatic heterocycles. The predicted octanol–water partition coefficient (Wildman–Crippen LogP) is 3.81. The lowest BCUT2D eigenvalue weighted by atomic mass is 10.2. The second-order valence-electron chi connectivity index (χ2n) is 5.64. The van der Waals surface area contributed by atoms with Crippen LogP contribution in [0.3, 0.4) is 0 Å². The monoisotopic (exact) mass is 379 g/mol. The Morgan fingerprint density at radius 2 is 1.76 bits per heavy atom. The first-order valence-corrected chi connectivity index (χ1v) is 8.40. The summed E-state index contributed by atoms with van der Waals surface area (Å²) >= 11 is 11.9. The van der Waals surface area contributed by atoms with Gasteiger partial charge in [-0.15, -0.1) is 0 Å². The van der Waals surface area contributed by atoms with Crippen LogP contribution in [0.1, 0.15) is 5.56 Å². The molecule has 0 heterocycles. The summed E-state index contributed by atoms with van der Waals surface area (Å²) in [7, 11) is 1.57. The molecule has 132 valence electrons. The number of nitrogens with one attached hydrogen (secondary N) is 2. The molecule has 0 spiro atoms. The number of amides is 2. The van der Waals surface area contributed by atoms with Crippen LogP contribution < -0.4 is 10.6 Å². The fourth-order valence-corrected chi connectivity index (χ4v) is 2.44. The van der Waals surface area contributed by atoms with Crippen molar-refractivity contribution in [3.05, 3.63) is 58.1 Å². The Hall–Kier alpha value is -2.24. The first-order valence-electron chi connectivity index (χ1n) is 7.64. The van der Waals surface area contributed by atoms with E-state index < -0.39 is 0 Å². The van der Waals surface area contributed by atoms with Gasteiger partial charge >= 0.3 is 0 Å². The Kier molecular flexibility index (Phi) is 6.67. The summed E-state index contributed by atoms with van der Waals surface area (Å²) in [5.41, 5.74) is 2.37. The largest absolute Gasteiger partial charge is 0.375 e. The molecule has 2 N–H and O–H groups in total. The molecule has 0 saturated carbocycles. The predicted molar refractivity (Wildman–Crippen MR) is 102 cm³/mol. The van der Waals surface area contributed by atoms with E-state index >= 15 is 0 Å². The molecule has 0 atom stereocenters. The normalized spacial score (nSPS) is 10.2. The average molecular weight is 380 g/mol. The highest BCUT2D eigenvalue weighted by Gasteiger charge is 2.13. The molecule has 0 bridgehead atoms. The number of carbonyl (C=O) groups is 2. The smallest absolute Gasteiger partial charge is 0.243 e. The minimum absolute atomic E-state index is 0.00831. The van der Waals surface area contributed by atoms with Crippen molar-refractivity contribution >= 4 is 46.4 Å². The summed E-state index contributed by atoms with van der Waals surface area (Å²) in [4.78, 5) is 25.5. The number of likely N-dealkylation sites (N-methyl/N-ethyl adjacent to an activating group) is 1. The van der Waals surface area contributed by atoms with Crippen LogP contribution in [0, 0.1) is 6.92 Å². The number of rotatable bonds is 6. The second kappa shape index (κ2) is 8.74. The topological polar surface area (TPSA) is 61.4 Å². The molecule has 2 aromatic rings. The van der Waals surface area contributed by atoms with Gasteiger partial charge in [-0.25, -0.2) is 0 Å². The molecule has 25 heavy (non-hydrogen) atoms. The van der Waals surface area contributed by atoms with Crippen molar-refractivity contribution in [2.45, 2.75) is 6.92 Å². The third kappa shape index (κ3) is 5.96. The standard InChI is InChI=1S/C18H19Cl2N3O2/c1-12-3-6-14(7-4-12)22-17(24)11-23(2)18(25)10-21-16-9-13(19)5-8-15(16)20/h3-9,21H,10-11H2,1-2H3,(H,22,24). The summed E-state index contributed by atoms with van der Waals surface area (Å²) in [5, 5.41) is 6.67. The van der Waals surface area contributed by atoms with Gasteiger partial charge in [0.25, 0.3) is 0 Å². The maximum atomic E-state index is 12.2. The first kappa shape index (κ1) is 19.1. The van der Waals surface area contributed by atoms with Gasteiger partial charge in [-0.05, 0) is 37.3 Å². The van der Waals surface area contributed by atoms with Crippen molar-refractivity contribution < 1.29 is 9.59 Å². The summed E-state index contributed by atoms with van der Waals surface area (Å²) in [6.07, 6.45) is 0. The Bertz CT molecular complexity index is 763. The van der Waals surface area contributed by atoms with Gasteiger partial charge < -0.3 is 15.5 Å². The Balaban J connectivity index is 1.84. The van der Waals surface area contributed by atoms with Crippen molar-refractivity contribution in [3.8, 4) is 0 Å². The van der Waals surface area contributed by atoms with Gasteiger partial charge in [0.2, 0.25) is 11.8 Å². The van der Waals surface area contributed by atoms with E-state index in [1.54, 1.807) is 25.2 Å². The molecule has 0 radical (unpaired) electrons. The molecule has 0 fully saturated rings. The van der Waals surface area contributed by atoms with E-state index in [4.69, 9.17) is 23.2 Å². The van der Waals surface area contributed by atoms with E-state index in [0.717, 1.165) is 5.56 Å². The molecule has 0 aliphatic heterocycles. The highest BCUT2D eigenvalue weighted by atomic mass is 35.5. The van der Waals surface area contributed by atoms with Crippen LogP contribution in [0.2, 0.25) is 10.0 Å². The minimum atomic E-state index is -0.263. The van der Waals surface area contributed by atoms with Crippen LogP contribution in [0.25, 0.3) is 0 Å². The van der Waals surface area contributed by atoms with E-state index in [0.29, 0.717) is 21.4 Å². The first-order chi connectivity index (χ1) is 11.8. The van der Waals surface area contributed by atoms with Gasteiger partial charge in [-0.3, -0.25) is 9.59 Å². The zero-order valence-corrected chi connectivity index (χ0v) is 15.5. The van der Waals surface area contributed by atoms with Crippen molar-refractivity contribution in [2.75, 3.05) is 30.8 Å². The van der Waals surface area contributed by atoms with Crippen LogP contribution in [0.4, 0.5) is 11.4 Å². The van der Waals surface area contributed by atoms with Crippen LogP contribution in [0.5, 0.6) is 0 Å². The number of carbonyl (C=O) groups excluding carboxylic acids is 2. The quantitative estimate of drug-likeness (QED) is 0.801. The molecule has 7 heteroatoms. The van der Waals surface area contributed by atoms with Crippen LogP contribution in [0.15, 0.2) is 42.5 Å². The molecule has 5 nitrogen and oxygen atoms in total. The van der Waals surface area contributed by atoms with Gasteiger partial charge in [0, 0.05) is 17.8 Å². The van der Waals surface area contributed by atoms with Crippen LogP contribution >= 0.6 is 23.2 Å². The SMILES string of the molecule is Cc1ccc(NC(=O)CN(C)C(=O)CNc2cc(Cl)ccc2Cl)cc1. The van der Waals surface area contributed by atoms with E-state index in [1.165, 1.54) is 4.90 Å². The molecular formula is C18H19Cl2N3O2. The van der Waals surface area contributed by atoms with E-state index in [2.05, 4.69) is 10.6 Å². The molecule has 0 aliphatic carbocycles. The van der Waals surface area contributed by atoms with E-state index in [-0.39, 0.29) is 24.9 Å². The minimum Gasteiger partial charge on any atom is -0.375 e. The lowest BCUT2D eigenvalue weighted by Gasteiger charge is -2.18. The van der Waals surface area contributed by atoms with Crippen molar-refractivity contribution in [1.82, 2.24) is 4.90 Å². The van der Waals surface area contributed by atoms with Crippen LogP contribution in [-0.2, 0) is 9.59 Å². The molecule has 0 unspecified atom stereocenters.